The Bertz CT molecular complexity index is 528. The predicted octanol–water partition coefficient (Wildman–Crippen LogP) is 2.11. The summed E-state index contributed by atoms with van der Waals surface area (Å²) in [6.45, 7) is 11.1. The first-order valence-electron chi connectivity index (χ1n) is 8.10. The number of nitrogens with two attached hydrogens (primary N) is 1. The number of carbonyl (C=O) groups is 1. The number of hydrogen-bond donors (Lipinski definition) is 2. The molecule has 3 N–H and O–H groups in total. The van der Waals surface area contributed by atoms with Crippen LogP contribution in [0.4, 0.5) is 16.3 Å². The maximum Gasteiger partial charge on any atom is 0.410 e. The van der Waals surface area contributed by atoms with Crippen LogP contribution in [0.25, 0.3) is 0 Å². The van der Waals surface area contributed by atoms with Gasteiger partial charge in [0, 0.05) is 32.3 Å². The summed E-state index contributed by atoms with van der Waals surface area (Å²) < 4.78 is 5.49. The van der Waals surface area contributed by atoms with E-state index in [9.17, 15) is 4.79 Å². The summed E-state index contributed by atoms with van der Waals surface area (Å²) in [5.41, 5.74) is 5.86. The van der Waals surface area contributed by atoms with Gasteiger partial charge in [0.15, 0.2) is 0 Å². The lowest BCUT2D eigenvalue weighted by Gasteiger charge is -2.44. The highest BCUT2D eigenvalue weighted by atomic mass is 16.6. The third kappa shape index (κ3) is 5.26. The molecule has 1 fully saturated rings. The Morgan fingerprint density at radius 2 is 1.88 bits per heavy atom. The molecule has 7 nitrogen and oxygen atoms in total. The van der Waals surface area contributed by atoms with Crippen LogP contribution in [0.15, 0.2) is 18.3 Å². The minimum atomic E-state index is -0.476. The van der Waals surface area contributed by atoms with Gasteiger partial charge in [0.05, 0.1) is 11.9 Å². The topological polar surface area (TPSA) is 91.9 Å². The number of hydrogen-bond acceptors (Lipinski definition) is 6. The van der Waals surface area contributed by atoms with E-state index < -0.39 is 5.60 Å². The van der Waals surface area contributed by atoms with Gasteiger partial charge in [-0.05, 0) is 46.8 Å². The zero-order valence-corrected chi connectivity index (χ0v) is 15.5. The summed E-state index contributed by atoms with van der Waals surface area (Å²) in [7, 11) is 1.00. The van der Waals surface area contributed by atoms with Crippen LogP contribution in [0, 0.1) is 0 Å². The number of amides is 1. The molecule has 0 bridgehead atoms. The van der Waals surface area contributed by atoms with Crippen molar-refractivity contribution in [2.45, 2.75) is 52.3 Å². The summed E-state index contributed by atoms with van der Waals surface area (Å²) in [5.74, 6) is 0.886. The average Bonchev–Trinajstić information content (AvgIpc) is 2.50. The second-order valence-electron chi connectivity index (χ2n) is 6.93. The molecule has 7 heteroatoms. The lowest BCUT2D eigenvalue weighted by molar-refractivity contribution is 0.0130. The number of rotatable bonds is 1. The quantitative estimate of drug-likeness (QED) is 0.815. The normalized spacial score (nSPS) is 21.0. The molecule has 2 heterocycles. The maximum atomic E-state index is 12.3. The average molecular weight is 338 g/mol. The van der Waals surface area contributed by atoms with Gasteiger partial charge in [-0.25, -0.2) is 9.78 Å². The Labute approximate surface area is 144 Å². The van der Waals surface area contributed by atoms with Gasteiger partial charge in [-0.3, -0.25) is 0 Å². The van der Waals surface area contributed by atoms with Gasteiger partial charge in [-0.1, -0.05) is 0 Å². The Morgan fingerprint density at radius 3 is 2.38 bits per heavy atom. The first-order valence-corrected chi connectivity index (χ1v) is 8.10. The summed E-state index contributed by atoms with van der Waals surface area (Å²) in [4.78, 5) is 20.7. The molecule has 1 saturated heterocycles. The van der Waals surface area contributed by atoms with Crippen LogP contribution in [0.3, 0.4) is 0 Å². The third-order valence-electron chi connectivity index (χ3n) is 3.68. The van der Waals surface area contributed by atoms with E-state index in [0.29, 0.717) is 12.2 Å². The number of piperazine rings is 1. The molecular weight excluding hydrogens is 308 g/mol. The highest BCUT2D eigenvalue weighted by Crippen LogP contribution is 2.23. The molecule has 1 aliphatic rings. The zero-order valence-electron chi connectivity index (χ0n) is 15.5. The van der Waals surface area contributed by atoms with Crippen molar-refractivity contribution >= 4 is 17.6 Å². The second kappa shape index (κ2) is 8.19. The van der Waals surface area contributed by atoms with Crippen molar-refractivity contribution < 1.29 is 14.6 Å². The maximum absolute atomic E-state index is 12.3. The first kappa shape index (κ1) is 20.0. The molecule has 1 aromatic heterocycles. The Kier molecular flexibility index (Phi) is 6.83. The Hall–Kier alpha value is -2.02. The number of aliphatic hydroxyl groups excluding tert-OH is 1. The van der Waals surface area contributed by atoms with Crippen molar-refractivity contribution in [3.05, 3.63) is 18.3 Å². The minimum absolute atomic E-state index is 0.0606. The van der Waals surface area contributed by atoms with Gasteiger partial charge in [-0.15, -0.1) is 0 Å². The van der Waals surface area contributed by atoms with Gasteiger partial charge < -0.3 is 25.4 Å². The van der Waals surface area contributed by atoms with Gasteiger partial charge >= 0.3 is 6.09 Å². The fraction of sp³-hybridized carbons (Fsp3) is 0.647. The van der Waals surface area contributed by atoms with E-state index in [4.69, 9.17) is 15.6 Å². The number of nitrogen functional groups attached to an aromatic ring is 1. The van der Waals surface area contributed by atoms with Gasteiger partial charge in [-0.2, -0.15) is 0 Å². The van der Waals surface area contributed by atoms with E-state index in [2.05, 4.69) is 16.8 Å². The van der Waals surface area contributed by atoms with Crippen molar-refractivity contribution in [2.24, 2.45) is 0 Å². The smallest absolute Gasteiger partial charge is 0.410 e. The van der Waals surface area contributed by atoms with Crippen LogP contribution in [-0.4, -0.2) is 59.0 Å². The number of nitrogens with zero attached hydrogens (tertiary/aromatic N) is 3. The van der Waals surface area contributed by atoms with Crippen LogP contribution in [-0.2, 0) is 4.74 Å². The SMILES string of the molecule is CO.C[C@@H]1CN(C(=O)OC(C)(C)C)[C@@H](C)CN1c1ccc(N)cn1. The monoisotopic (exact) mass is 338 g/mol. The number of anilines is 2. The minimum Gasteiger partial charge on any atom is -0.444 e. The summed E-state index contributed by atoms with van der Waals surface area (Å²) in [5, 5.41) is 7.00. The highest BCUT2D eigenvalue weighted by Gasteiger charge is 2.34. The van der Waals surface area contributed by atoms with Crippen LogP contribution >= 0.6 is 0 Å². The van der Waals surface area contributed by atoms with E-state index in [0.717, 1.165) is 19.5 Å². The highest BCUT2D eigenvalue weighted by molar-refractivity contribution is 5.69. The molecule has 0 radical (unpaired) electrons. The van der Waals surface area contributed by atoms with E-state index in [1.54, 1.807) is 11.1 Å². The molecule has 1 amide bonds. The van der Waals surface area contributed by atoms with Gasteiger partial charge in [0.1, 0.15) is 11.4 Å². The second-order valence-corrected chi connectivity index (χ2v) is 6.93. The van der Waals surface area contributed by atoms with Crippen molar-refractivity contribution in [1.82, 2.24) is 9.88 Å². The number of aliphatic hydroxyl groups is 1. The molecule has 2 atom stereocenters. The van der Waals surface area contributed by atoms with Crippen molar-refractivity contribution in [3.63, 3.8) is 0 Å². The van der Waals surface area contributed by atoms with Crippen molar-refractivity contribution in [1.29, 1.82) is 0 Å². The van der Waals surface area contributed by atoms with Crippen LogP contribution in [0.1, 0.15) is 34.6 Å². The zero-order chi connectivity index (χ0) is 18.5. The number of aromatic nitrogens is 1. The summed E-state index contributed by atoms with van der Waals surface area (Å²) >= 11 is 0. The van der Waals surface area contributed by atoms with Crippen LogP contribution in [0.2, 0.25) is 0 Å². The predicted molar refractivity (Wildman–Crippen MR) is 96.0 cm³/mol. The molecule has 1 aromatic rings. The largest absolute Gasteiger partial charge is 0.444 e. The standard InChI is InChI=1S/C16H26N4O2.CH4O/c1-11-10-20(15(21)22-16(3,4)5)12(2)9-19(11)14-7-6-13(17)8-18-14;1-2/h6-8,11-12H,9-10,17H2,1-5H3;2H,1H3/t11-,12+;/m1./s1. The number of ether oxygens (including phenoxy) is 1. The van der Waals surface area contributed by atoms with Gasteiger partial charge in [0.25, 0.3) is 0 Å². The molecule has 0 aromatic carbocycles. The lowest BCUT2D eigenvalue weighted by Crippen LogP contribution is -2.59. The molecule has 1 aliphatic heterocycles. The molecule has 0 aliphatic carbocycles. The molecule has 0 unspecified atom stereocenters. The van der Waals surface area contributed by atoms with Crippen LogP contribution < -0.4 is 10.6 Å². The summed E-state index contributed by atoms with van der Waals surface area (Å²) in [6.07, 6.45) is 1.41. The van der Waals surface area contributed by atoms with Gasteiger partial charge in [0.2, 0.25) is 0 Å². The molecule has 24 heavy (non-hydrogen) atoms. The number of pyridine rings is 1. The van der Waals surface area contributed by atoms with E-state index in [-0.39, 0.29) is 18.2 Å². The Morgan fingerprint density at radius 1 is 1.25 bits per heavy atom. The molecule has 0 saturated carbocycles. The van der Waals surface area contributed by atoms with Crippen molar-refractivity contribution in [2.75, 3.05) is 30.8 Å². The Balaban J connectivity index is 0.00000139. The molecule has 0 spiro atoms. The molecule has 136 valence electrons. The first-order chi connectivity index (χ1) is 11.2. The third-order valence-corrected chi connectivity index (χ3v) is 3.68. The van der Waals surface area contributed by atoms with E-state index in [1.807, 2.05) is 39.8 Å². The fourth-order valence-corrected chi connectivity index (χ4v) is 2.59. The van der Waals surface area contributed by atoms with E-state index >= 15 is 0 Å². The molecule has 2 rings (SSSR count). The number of carbonyl (C=O) groups excluding carboxylic acids is 1. The lowest BCUT2D eigenvalue weighted by atomic mass is 10.1. The van der Waals surface area contributed by atoms with Crippen molar-refractivity contribution in [3.8, 4) is 0 Å². The van der Waals surface area contributed by atoms with Crippen LogP contribution in [0.5, 0.6) is 0 Å². The summed E-state index contributed by atoms with van der Waals surface area (Å²) in [6, 6.07) is 3.99. The fourth-order valence-electron chi connectivity index (χ4n) is 2.59. The van der Waals surface area contributed by atoms with E-state index in [1.165, 1.54) is 0 Å². The molecular formula is C17H30N4O3.